The van der Waals surface area contributed by atoms with Crippen molar-refractivity contribution in [2.45, 2.75) is 25.4 Å². The first kappa shape index (κ1) is 13.5. The molecule has 22 heavy (non-hydrogen) atoms. The fourth-order valence-corrected chi connectivity index (χ4v) is 3.66. The lowest BCUT2D eigenvalue weighted by Crippen LogP contribution is -2.45. The summed E-state index contributed by atoms with van der Waals surface area (Å²) in [5.74, 6) is 1.32. The first-order chi connectivity index (χ1) is 10.6. The Morgan fingerprint density at radius 1 is 1.23 bits per heavy atom. The Morgan fingerprint density at radius 3 is 2.82 bits per heavy atom. The number of nitrogen functional groups attached to an aromatic ring is 1. The molecule has 6 nitrogen and oxygen atoms in total. The van der Waals surface area contributed by atoms with Crippen LogP contribution in [0.5, 0.6) is 0 Å². The van der Waals surface area contributed by atoms with E-state index >= 15 is 0 Å². The summed E-state index contributed by atoms with van der Waals surface area (Å²) in [7, 11) is 2.20. The van der Waals surface area contributed by atoms with E-state index in [0.717, 1.165) is 35.7 Å². The van der Waals surface area contributed by atoms with Crippen molar-refractivity contribution >= 4 is 11.8 Å². The van der Waals surface area contributed by atoms with Crippen molar-refractivity contribution in [2.24, 2.45) is 0 Å². The number of aromatic nitrogens is 3. The number of hydrogen-bond acceptors (Lipinski definition) is 6. The summed E-state index contributed by atoms with van der Waals surface area (Å²) in [6, 6.07) is 5.21. The van der Waals surface area contributed by atoms with Gasteiger partial charge in [0, 0.05) is 43.1 Å². The van der Waals surface area contributed by atoms with Gasteiger partial charge in [-0.3, -0.25) is 4.90 Å². The maximum atomic E-state index is 5.78. The molecule has 2 aromatic heterocycles. The van der Waals surface area contributed by atoms with Gasteiger partial charge in [0.1, 0.15) is 5.82 Å². The molecule has 0 spiro atoms. The highest BCUT2D eigenvalue weighted by Crippen LogP contribution is 2.37. The highest BCUT2D eigenvalue weighted by Gasteiger charge is 2.42. The second-order valence-electron chi connectivity index (χ2n) is 6.27. The van der Waals surface area contributed by atoms with Crippen LogP contribution >= 0.6 is 0 Å². The molecule has 0 amide bonds. The molecule has 0 aliphatic carbocycles. The van der Waals surface area contributed by atoms with Gasteiger partial charge in [0.05, 0.1) is 5.69 Å². The topological polar surface area (TPSA) is 71.2 Å². The van der Waals surface area contributed by atoms with Crippen LogP contribution in [0.4, 0.5) is 11.8 Å². The van der Waals surface area contributed by atoms with Crippen LogP contribution in [0.15, 0.2) is 24.5 Å². The number of nitrogens with two attached hydrogens (primary N) is 1. The van der Waals surface area contributed by atoms with E-state index in [2.05, 4.69) is 37.9 Å². The predicted molar refractivity (Wildman–Crippen MR) is 86.6 cm³/mol. The van der Waals surface area contributed by atoms with Crippen molar-refractivity contribution in [3.8, 4) is 11.3 Å². The molecule has 2 unspecified atom stereocenters. The van der Waals surface area contributed by atoms with E-state index in [0.29, 0.717) is 18.0 Å². The molecule has 2 N–H and O–H groups in total. The van der Waals surface area contributed by atoms with Crippen LogP contribution in [-0.2, 0) is 0 Å². The van der Waals surface area contributed by atoms with Gasteiger partial charge in [-0.05, 0) is 38.1 Å². The van der Waals surface area contributed by atoms with E-state index in [-0.39, 0.29) is 0 Å². The minimum atomic E-state index is 0.304. The first-order valence-electron chi connectivity index (χ1n) is 7.65. The lowest BCUT2D eigenvalue weighted by atomic mass is 10.1. The maximum absolute atomic E-state index is 5.78. The van der Waals surface area contributed by atoms with E-state index in [4.69, 9.17) is 5.73 Å². The van der Waals surface area contributed by atoms with E-state index in [9.17, 15) is 0 Å². The smallest absolute Gasteiger partial charge is 0.220 e. The molecule has 0 radical (unpaired) electrons. The predicted octanol–water partition coefficient (Wildman–Crippen LogP) is 1.32. The number of rotatable bonds is 2. The molecule has 0 aromatic carbocycles. The average Bonchev–Trinajstić information content (AvgIpc) is 3.09. The summed E-state index contributed by atoms with van der Waals surface area (Å²) in [5.41, 5.74) is 8.73. The van der Waals surface area contributed by atoms with Gasteiger partial charge in [-0.2, -0.15) is 0 Å². The summed E-state index contributed by atoms with van der Waals surface area (Å²) in [4.78, 5) is 18.0. The van der Waals surface area contributed by atoms with Gasteiger partial charge in [0.15, 0.2) is 0 Å². The van der Waals surface area contributed by atoms with Crippen LogP contribution in [0.25, 0.3) is 11.3 Å². The number of hydrogen-bond donors (Lipinski definition) is 1. The Kier molecular flexibility index (Phi) is 3.00. The fraction of sp³-hybridized carbons (Fsp3) is 0.438. The summed E-state index contributed by atoms with van der Waals surface area (Å²) >= 11 is 0. The zero-order valence-corrected chi connectivity index (χ0v) is 12.9. The van der Waals surface area contributed by atoms with E-state index in [1.165, 1.54) is 6.42 Å². The Labute approximate surface area is 130 Å². The van der Waals surface area contributed by atoms with Crippen molar-refractivity contribution < 1.29 is 0 Å². The lowest BCUT2D eigenvalue weighted by molar-refractivity contribution is 0.292. The monoisotopic (exact) mass is 296 g/mol. The zero-order valence-electron chi connectivity index (χ0n) is 12.9. The third-order valence-corrected chi connectivity index (χ3v) is 4.82. The molecule has 114 valence electrons. The minimum absolute atomic E-state index is 0.304. The van der Waals surface area contributed by atoms with Gasteiger partial charge >= 0.3 is 0 Å². The number of likely N-dealkylation sites (tertiary alicyclic amines) is 1. The van der Waals surface area contributed by atoms with Crippen molar-refractivity contribution in [3.05, 3.63) is 30.1 Å². The van der Waals surface area contributed by atoms with E-state index in [1.54, 1.807) is 6.20 Å². The van der Waals surface area contributed by atoms with Crippen molar-refractivity contribution in [2.75, 3.05) is 30.8 Å². The fourth-order valence-electron chi connectivity index (χ4n) is 3.66. The second-order valence-corrected chi connectivity index (χ2v) is 6.27. The Hall–Kier alpha value is -2.21. The summed E-state index contributed by atoms with van der Waals surface area (Å²) < 4.78 is 0. The number of pyridine rings is 1. The van der Waals surface area contributed by atoms with Crippen LogP contribution in [0.1, 0.15) is 12.0 Å². The molecule has 6 heteroatoms. The number of nitrogens with zero attached hydrogens (tertiary/aromatic N) is 5. The Bertz CT molecular complexity index is 714. The molecule has 2 aliphatic heterocycles. The molecule has 0 saturated carbocycles. The first-order valence-corrected chi connectivity index (χ1v) is 7.65. The van der Waals surface area contributed by atoms with Crippen LogP contribution in [0.2, 0.25) is 0 Å². The number of piperazine rings is 1. The normalized spacial score (nSPS) is 24.2. The quantitative estimate of drug-likeness (QED) is 0.901. The highest BCUT2D eigenvalue weighted by atomic mass is 15.4. The SMILES string of the molecule is Cc1cnc(N)nc1-c1cccnc1N1CC2CC1CN2C. The van der Waals surface area contributed by atoms with E-state index in [1.807, 2.05) is 19.2 Å². The zero-order chi connectivity index (χ0) is 15.3. The summed E-state index contributed by atoms with van der Waals surface area (Å²) in [6.07, 6.45) is 4.85. The number of aryl methyl sites for hydroxylation is 1. The van der Waals surface area contributed by atoms with E-state index < -0.39 is 0 Å². The molecular weight excluding hydrogens is 276 g/mol. The molecule has 2 aromatic rings. The highest BCUT2D eigenvalue weighted by molar-refractivity contribution is 5.76. The molecule has 2 bridgehead atoms. The van der Waals surface area contributed by atoms with Crippen LogP contribution in [0.3, 0.4) is 0 Å². The third-order valence-electron chi connectivity index (χ3n) is 4.82. The van der Waals surface area contributed by atoms with Gasteiger partial charge in [0.25, 0.3) is 0 Å². The lowest BCUT2D eigenvalue weighted by Gasteiger charge is -2.33. The van der Waals surface area contributed by atoms with Gasteiger partial charge in [-0.25, -0.2) is 15.0 Å². The van der Waals surface area contributed by atoms with Gasteiger partial charge in [-0.1, -0.05) is 0 Å². The third kappa shape index (κ3) is 2.02. The molecule has 2 fully saturated rings. The van der Waals surface area contributed by atoms with Crippen molar-refractivity contribution in [1.82, 2.24) is 19.9 Å². The summed E-state index contributed by atoms with van der Waals surface area (Å²) in [6.45, 7) is 4.14. The number of likely N-dealkylation sites (N-methyl/N-ethyl adjacent to an activating group) is 1. The van der Waals surface area contributed by atoms with Crippen LogP contribution in [-0.4, -0.2) is 52.1 Å². The molecular formula is C16H20N6. The molecule has 2 atom stereocenters. The molecule has 4 heterocycles. The minimum Gasteiger partial charge on any atom is -0.368 e. The maximum Gasteiger partial charge on any atom is 0.220 e. The number of anilines is 2. The van der Waals surface area contributed by atoms with Gasteiger partial charge in [0.2, 0.25) is 5.95 Å². The molecule has 2 saturated heterocycles. The molecule has 2 aliphatic rings. The Balaban J connectivity index is 1.78. The standard InChI is InChI=1S/C16H20N6/c1-10-7-19-16(17)20-14(10)13-4-3-5-18-15(13)22-9-11-6-12(22)8-21(11)2/h3-5,7,11-12H,6,8-9H2,1-2H3,(H2,17,19,20). The number of fused-ring (bicyclic) bond motifs is 2. The Morgan fingerprint density at radius 2 is 2.09 bits per heavy atom. The van der Waals surface area contributed by atoms with Gasteiger partial charge in [-0.15, -0.1) is 0 Å². The summed E-state index contributed by atoms with van der Waals surface area (Å²) in [5, 5.41) is 0. The van der Waals surface area contributed by atoms with Crippen LogP contribution in [0, 0.1) is 6.92 Å². The van der Waals surface area contributed by atoms with Crippen molar-refractivity contribution in [1.29, 1.82) is 0 Å². The second kappa shape index (κ2) is 4.91. The van der Waals surface area contributed by atoms with Crippen LogP contribution < -0.4 is 10.6 Å². The average molecular weight is 296 g/mol. The van der Waals surface area contributed by atoms with Gasteiger partial charge < -0.3 is 10.6 Å². The van der Waals surface area contributed by atoms with Crippen molar-refractivity contribution in [3.63, 3.8) is 0 Å². The largest absolute Gasteiger partial charge is 0.368 e. The molecule has 4 rings (SSSR count).